The number of carbonyl (C=O) groups excluding carboxylic acids is 1. The van der Waals surface area contributed by atoms with E-state index in [0.717, 1.165) is 37.9 Å². The predicted molar refractivity (Wildman–Crippen MR) is 127 cm³/mol. The first-order valence-electron chi connectivity index (χ1n) is 9.79. The summed E-state index contributed by atoms with van der Waals surface area (Å²) in [6.45, 7) is 3.80. The lowest BCUT2D eigenvalue weighted by molar-refractivity contribution is 0.108. The molecule has 0 aliphatic heterocycles. The third kappa shape index (κ3) is 4.32. The minimum Gasteiger partial charge on any atom is -0.507 e. The predicted octanol–water partition coefficient (Wildman–Crippen LogP) is 7.27. The van der Waals surface area contributed by atoms with Crippen molar-refractivity contribution in [3.63, 3.8) is 0 Å². The summed E-state index contributed by atoms with van der Waals surface area (Å²) in [6, 6.07) is 25.6. The molecule has 0 saturated carbocycles. The van der Waals surface area contributed by atoms with Crippen molar-refractivity contribution < 1.29 is 9.90 Å². The SMILES string of the molecule is Cc1cc(/C=C/c2cc(C(=O)Sc3ccccc3)cc3ccccc23)cc(C)c1O. The molecule has 3 heteroatoms. The number of hydrogen-bond acceptors (Lipinski definition) is 3. The number of benzene rings is 4. The van der Waals surface area contributed by atoms with Crippen molar-refractivity contribution >= 4 is 39.8 Å². The summed E-state index contributed by atoms with van der Waals surface area (Å²) < 4.78 is 0. The zero-order chi connectivity index (χ0) is 21.1. The van der Waals surface area contributed by atoms with Crippen LogP contribution in [0, 0.1) is 13.8 Å². The van der Waals surface area contributed by atoms with E-state index in [9.17, 15) is 9.90 Å². The van der Waals surface area contributed by atoms with Gasteiger partial charge in [0.2, 0.25) is 5.12 Å². The Morgan fingerprint density at radius 3 is 2.23 bits per heavy atom. The topological polar surface area (TPSA) is 37.3 Å². The average Bonchev–Trinajstić information content (AvgIpc) is 2.76. The van der Waals surface area contributed by atoms with E-state index in [0.29, 0.717) is 11.3 Å². The van der Waals surface area contributed by atoms with Gasteiger partial charge in [-0.25, -0.2) is 0 Å². The zero-order valence-corrected chi connectivity index (χ0v) is 17.7. The molecule has 0 saturated heterocycles. The van der Waals surface area contributed by atoms with Crippen molar-refractivity contribution in [1.29, 1.82) is 0 Å². The average molecular weight is 411 g/mol. The maximum Gasteiger partial charge on any atom is 0.224 e. The van der Waals surface area contributed by atoms with Crippen LogP contribution in [0.5, 0.6) is 5.75 Å². The lowest BCUT2D eigenvalue weighted by atomic mass is 9.99. The molecule has 4 aromatic rings. The Bertz CT molecular complexity index is 1230. The van der Waals surface area contributed by atoms with Crippen LogP contribution in [0.4, 0.5) is 0 Å². The quantitative estimate of drug-likeness (QED) is 0.284. The molecule has 30 heavy (non-hydrogen) atoms. The molecule has 4 aromatic carbocycles. The highest BCUT2D eigenvalue weighted by Gasteiger charge is 2.11. The maximum atomic E-state index is 12.9. The number of hydrogen-bond donors (Lipinski definition) is 1. The lowest BCUT2D eigenvalue weighted by Gasteiger charge is -2.08. The van der Waals surface area contributed by atoms with Gasteiger partial charge in [-0.05, 0) is 95.0 Å². The highest BCUT2D eigenvalue weighted by Crippen LogP contribution is 2.29. The van der Waals surface area contributed by atoms with Crippen LogP contribution in [0.2, 0.25) is 0 Å². The van der Waals surface area contributed by atoms with Crippen LogP contribution >= 0.6 is 11.8 Å². The van der Waals surface area contributed by atoms with E-state index in [1.165, 1.54) is 11.8 Å². The molecule has 148 valence electrons. The molecular weight excluding hydrogens is 388 g/mol. The zero-order valence-electron chi connectivity index (χ0n) is 16.9. The molecule has 1 N–H and O–H groups in total. The van der Waals surface area contributed by atoms with Gasteiger partial charge in [0.25, 0.3) is 0 Å². The fraction of sp³-hybridized carbons (Fsp3) is 0.0741. The molecule has 0 aliphatic rings. The number of rotatable bonds is 4. The largest absolute Gasteiger partial charge is 0.507 e. The van der Waals surface area contributed by atoms with Crippen molar-refractivity contribution in [2.45, 2.75) is 18.7 Å². The minimum absolute atomic E-state index is 0.0259. The van der Waals surface area contributed by atoms with E-state index in [1.54, 1.807) is 0 Å². The summed E-state index contributed by atoms with van der Waals surface area (Å²) in [5.41, 5.74) is 4.39. The Kier molecular flexibility index (Phi) is 5.73. The Morgan fingerprint density at radius 1 is 0.833 bits per heavy atom. The molecule has 0 bridgehead atoms. The summed E-state index contributed by atoms with van der Waals surface area (Å²) in [4.78, 5) is 13.9. The second-order valence-electron chi connectivity index (χ2n) is 7.33. The van der Waals surface area contributed by atoms with Gasteiger partial charge in [0.15, 0.2) is 0 Å². The monoisotopic (exact) mass is 410 g/mol. The van der Waals surface area contributed by atoms with Gasteiger partial charge in [-0.2, -0.15) is 0 Å². The first kappa shape index (κ1) is 20.0. The van der Waals surface area contributed by atoms with Crippen molar-refractivity contribution in [2.24, 2.45) is 0 Å². The van der Waals surface area contributed by atoms with Crippen molar-refractivity contribution in [3.8, 4) is 5.75 Å². The Balaban J connectivity index is 1.73. The van der Waals surface area contributed by atoms with Crippen LogP contribution in [0.1, 0.15) is 32.6 Å². The highest BCUT2D eigenvalue weighted by atomic mass is 32.2. The lowest BCUT2D eigenvalue weighted by Crippen LogP contribution is -1.95. The first-order chi connectivity index (χ1) is 14.5. The fourth-order valence-corrected chi connectivity index (χ4v) is 4.27. The number of carbonyl (C=O) groups is 1. The molecule has 0 radical (unpaired) electrons. The molecule has 0 atom stereocenters. The molecule has 0 heterocycles. The van der Waals surface area contributed by atoms with Crippen LogP contribution < -0.4 is 0 Å². The second kappa shape index (κ2) is 8.60. The van der Waals surface area contributed by atoms with Gasteiger partial charge < -0.3 is 5.11 Å². The molecule has 0 fully saturated rings. The standard InChI is InChI=1S/C27H22O2S/c1-18-14-20(15-19(2)26(18)28)12-13-22-17-23(16-21-8-6-7-11-25(21)22)27(29)30-24-9-4-3-5-10-24/h3-17,28H,1-2H3/b13-12+. The molecule has 4 rings (SSSR count). The Labute approximate surface area is 180 Å². The van der Waals surface area contributed by atoms with Gasteiger partial charge in [0.1, 0.15) is 5.75 Å². The van der Waals surface area contributed by atoms with E-state index in [2.05, 4.69) is 6.07 Å². The van der Waals surface area contributed by atoms with Crippen LogP contribution in [0.15, 0.2) is 83.8 Å². The first-order valence-corrected chi connectivity index (χ1v) is 10.6. The molecule has 0 unspecified atom stereocenters. The van der Waals surface area contributed by atoms with E-state index in [1.807, 2.05) is 98.8 Å². The van der Waals surface area contributed by atoms with Gasteiger partial charge in [-0.3, -0.25) is 4.79 Å². The van der Waals surface area contributed by atoms with Crippen molar-refractivity contribution in [1.82, 2.24) is 0 Å². The van der Waals surface area contributed by atoms with Gasteiger partial charge >= 0.3 is 0 Å². The molecule has 0 aliphatic carbocycles. The molecule has 2 nitrogen and oxygen atoms in total. The summed E-state index contributed by atoms with van der Waals surface area (Å²) in [6.07, 6.45) is 4.07. The summed E-state index contributed by atoms with van der Waals surface area (Å²) >= 11 is 1.24. The number of aromatic hydroxyl groups is 1. The molecule has 0 spiro atoms. The van der Waals surface area contributed by atoms with E-state index in [-0.39, 0.29) is 5.12 Å². The Hall–Kier alpha value is -3.30. The van der Waals surface area contributed by atoms with Crippen molar-refractivity contribution in [2.75, 3.05) is 0 Å². The molecule has 0 amide bonds. The third-order valence-electron chi connectivity index (χ3n) is 5.05. The van der Waals surface area contributed by atoms with Gasteiger partial charge in [-0.15, -0.1) is 0 Å². The van der Waals surface area contributed by atoms with Gasteiger partial charge in [0, 0.05) is 10.5 Å². The summed E-state index contributed by atoms with van der Waals surface area (Å²) in [5.74, 6) is 0.336. The third-order valence-corrected chi connectivity index (χ3v) is 5.98. The van der Waals surface area contributed by atoms with Gasteiger partial charge in [-0.1, -0.05) is 54.6 Å². The fourth-order valence-electron chi connectivity index (χ4n) is 3.52. The highest BCUT2D eigenvalue weighted by molar-refractivity contribution is 8.14. The van der Waals surface area contributed by atoms with Crippen LogP contribution in [-0.2, 0) is 0 Å². The number of thioether (sulfide) groups is 1. The van der Waals surface area contributed by atoms with Crippen LogP contribution in [0.3, 0.4) is 0 Å². The minimum atomic E-state index is 0.0259. The molecule has 0 aromatic heterocycles. The second-order valence-corrected chi connectivity index (χ2v) is 8.37. The number of fused-ring (bicyclic) bond motifs is 1. The number of phenolic OH excluding ortho intramolecular Hbond substituents is 1. The van der Waals surface area contributed by atoms with E-state index < -0.39 is 0 Å². The normalized spacial score (nSPS) is 11.3. The maximum absolute atomic E-state index is 12.9. The molecular formula is C27H22O2S. The van der Waals surface area contributed by atoms with E-state index in [4.69, 9.17) is 0 Å². The van der Waals surface area contributed by atoms with Crippen molar-refractivity contribution in [3.05, 3.63) is 107 Å². The smallest absolute Gasteiger partial charge is 0.224 e. The summed E-state index contributed by atoms with van der Waals surface area (Å²) in [5, 5.41) is 12.2. The van der Waals surface area contributed by atoms with Crippen LogP contribution in [-0.4, -0.2) is 10.2 Å². The van der Waals surface area contributed by atoms with Gasteiger partial charge in [0.05, 0.1) is 0 Å². The van der Waals surface area contributed by atoms with Crippen LogP contribution in [0.25, 0.3) is 22.9 Å². The summed E-state index contributed by atoms with van der Waals surface area (Å²) in [7, 11) is 0. The number of aryl methyl sites for hydroxylation is 2. The van der Waals surface area contributed by atoms with E-state index >= 15 is 0 Å². The number of phenols is 1. The Morgan fingerprint density at radius 2 is 1.50 bits per heavy atom.